The molecule has 0 aliphatic heterocycles. The highest BCUT2D eigenvalue weighted by Gasteiger charge is 2.23. The van der Waals surface area contributed by atoms with Crippen LogP contribution in [-0.2, 0) is 26.2 Å². The number of benzene rings is 4. The summed E-state index contributed by atoms with van der Waals surface area (Å²) in [6.07, 6.45) is 1.58. The van der Waals surface area contributed by atoms with E-state index in [0.29, 0.717) is 37.9 Å². The number of rotatable bonds is 10. The van der Waals surface area contributed by atoms with Crippen LogP contribution in [0.3, 0.4) is 0 Å². The molecule has 0 unspecified atom stereocenters. The second kappa shape index (κ2) is 12.3. The van der Waals surface area contributed by atoms with Crippen LogP contribution >= 0.6 is 0 Å². The van der Waals surface area contributed by atoms with Crippen LogP contribution in [0.5, 0.6) is 5.75 Å². The largest absolute Gasteiger partial charge is 0.488 e. The SMILES string of the molecule is Cc1cc(Cn2c(C(=O)N(Cc3ccccc3)Cc3ccccc3)cnc2N)cc(C)c1OCc1ccccc1. The predicted octanol–water partition coefficient (Wildman–Crippen LogP) is 6.55. The van der Waals surface area contributed by atoms with Gasteiger partial charge in [-0.05, 0) is 47.2 Å². The number of imidazole rings is 1. The fourth-order valence-electron chi connectivity index (χ4n) is 4.97. The fraction of sp³-hybridized carbons (Fsp3) is 0.176. The van der Waals surface area contributed by atoms with Crippen molar-refractivity contribution in [2.75, 3.05) is 5.73 Å². The number of nitrogens with zero attached hydrogens (tertiary/aromatic N) is 3. The topological polar surface area (TPSA) is 73.4 Å². The van der Waals surface area contributed by atoms with Crippen molar-refractivity contribution in [3.8, 4) is 5.75 Å². The molecule has 1 amide bonds. The number of aryl methyl sites for hydroxylation is 2. The maximum atomic E-state index is 14.0. The molecule has 0 saturated heterocycles. The molecule has 5 rings (SSSR count). The Bertz CT molecular complexity index is 1500. The van der Waals surface area contributed by atoms with Gasteiger partial charge >= 0.3 is 0 Å². The summed E-state index contributed by atoms with van der Waals surface area (Å²) in [4.78, 5) is 20.1. The molecular weight excluding hydrogens is 496 g/mol. The van der Waals surface area contributed by atoms with Crippen LogP contribution in [0.1, 0.15) is 43.9 Å². The number of carbonyl (C=O) groups is 1. The Morgan fingerprint density at radius 2 is 1.27 bits per heavy atom. The monoisotopic (exact) mass is 530 g/mol. The standard InChI is InChI=1S/C34H34N4O2/c1-25-18-30(19-26(2)32(25)40-24-29-16-10-5-11-17-29)23-38-31(20-36-34(38)35)33(39)37(21-27-12-6-3-7-13-27)22-28-14-8-4-9-15-28/h3-20H,21-24H2,1-2H3,(H2,35,36). The van der Waals surface area contributed by atoms with Crippen molar-refractivity contribution in [3.63, 3.8) is 0 Å². The maximum absolute atomic E-state index is 14.0. The molecule has 6 nitrogen and oxygen atoms in total. The lowest BCUT2D eigenvalue weighted by molar-refractivity contribution is 0.0719. The number of aromatic nitrogens is 2. The van der Waals surface area contributed by atoms with Crippen LogP contribution in [0.4, 0.5) is 5.95 Å². The van der Waals surface area contributed by atoms with Gasteiger partial charge in [-0.3, -0.25) is 4.79 Å². The quantitative estimate of drug-likeness (QED) is 0.222. The number of carbonyl (C=O) groups excluding carboxylic acids is 1. The number of nitrogen functional groups attached to an aromatic ring is 1. The highest BCUT2D eigenvalue weighted by atomic mass is 16.5. The smallest absolute Gasteiger partial charge is 0.272 e. The first-order valence-corrected chi connectivity index (χ1v) is 13.4. The van der Waals surface area contributed by atoms with E-state index in [1.807, 2.05) is 97.6 Å². The molecule has 0 spiro atoms. The summed E-state index contributed by atoms with van der Waals surface area (Å²) in [5, 5.41) is 0. The summed E-state index contributed by atoms with van der Waals surface area (Å²) in [6, 6.07) is 34.3. The third kappa shape index (κ3) is 6.41. The predicted molar refractivity (Wildman–Crippen MR) is 159 cm³/mol. The van der Waals surface area contributed by atoms with Gasteiger partial charge in [-0.15, -0.1) is 0 Å². The summed E-state index contributed by atoms with van der Waals surface area (Å²) in [7, 11) is 0. The van der Waals surface area contributed by atoms with Crippen molar-refractivity contribution >= 4 is 11.9 Å². The molecule has 1 heterocycles. The van der Waals surface area contributed by atoms with E-state index in [-0.39, 0.29) is 5.91 Å². The van der Waals surface area contributed by atoms with Crippen molar-refractivity contribution in [1.29, 1.82) is 0 Å². The summed E-state index contributed by atoms with van der Waals surface area (Å²) >= 11 is 0. The third-order valence-electron chi connectivity index (χ3n) is 6.91. The molecule has 0 radical (unpaired) electrons. The lowest BCUT2D eigenvalue weighted by Crippen LogP contribution is -2.32. The van der Waals surface area contributed by atoms with Gasteiger partial charge in [0.1, 0.15) is 18.1 Å². The van der Waals surface area contributed by atoms with E-state index in [0.717, 1.165) is 39.1 Å². The summed E-state index contributed by atoms with van der Waals surface area (Å²) < 4.78 is 7.97. The summed E-state index contributed by atoms with van der Waals surface area (Å²) in [5.74, 6) is 1.06. The van der Waals surface area contributed by atoms with E-state index in [2.05, 4.69) is 29.2 Å². The fourth-order valence-corrected chi connectivity index (χ4v) is 4.97. The van der Waals surface area contributed by atoms with Gasteiger partial charge in [-0.1, -0.05) is 103 Å². The Labute approximate surface area is 235 Å². The first kappa shape index (κ1) is 26.8. The van der Waals surface area contributed by atoms with Gasteiger partial charge in [0.25, 0.3) is 5.91 Å². The van der Waals surface area contributed by atoms with Crippen LogP contribution in [0.25, 0.3) is 0 Å². The van der Waals surface area contributed by atoms with E-state index in [4.69, 9.17) is 10.5 Å². The molecule has 0 saturated carbocycles. The molecule has 0 aliphatic carbocycles. The molecule has 4 aromatic carbocycles. The molecule has 0 fully saturated rings. The van der Waals surface area contributed by atoms with Crippen LogP contribution in [0.2, 0.25) is 0 Å². The minimum atomic E-state index is -0.117. The van der Waals surface area contributed by atoms with Crippen LogP contribution in [0.15, 0.2) is 109 Å². The molecule has 202 valence electrons. The van der Waals surface area contributed by atoms with E-state index in [1.165, 1.54) is 0 Å². The number of anilines is 1. The van der Waals surface area contributed by atoms with E-state index >= 15 is 0 Å². The first-order valence-electron chi connectivity index (χ1n) is 13.4. The van der Waals surface area contributed by atoms with Gasteiger partial charge < -0.3 is 19.9 Å². The molecule has 1 aromatic heterocycles. The molecule has 0 atom stereocenters. The highest BCUT2D eigenvalue weighted by Crippen LogP contribution is 2.27. The molecule has 2 N–H and O–H groups in total. The average Bonchev–Trinajstić information content (AvgIpc) is 3.33. The molecule has 6 heteroatoms. The van der Waals surface area contributed by atoms with E-state index in [1.54, 1.807) is 10.8 Å². The summed E-state index contributed by atoms with van der Waals surface area (Å²) in [6.45, 7) is 5.98. The third-order valence-corrected chi connectivity index (χ3v) is 6.91. The Morgan fingerprint density at radius 3 is 1.80 bits per heavy atom. The average molecular weight is 531 g/mol. The van der Waals surface area contributed by atoms with Crippen molar-refractivity contribution in [2.45, 2.75) is 40.1 Å². The minimum absolute atomic E-state index is 0.117. The Hall–Kier alpha value is -4.84. The van der Waals surface area contributed by atoms with Gasteiger partial charge in [-0.25, -0.2) is 4.98 Å². The van der Waals surface area contributed by atoms with Crippen LogP contribution < -0.4 is 10.5 Å². The van der Waals surface area contributed by atoms with Gasteiger partial charge in [-0.2, -0.15) is 0 Å². The van der Waals surface area contributed by atoms with Gasteiger partial charge in [0.05, 0.1) is 12.7 Å². The number of hydrogen-bond acceptors (Lipinski definition) is 4. The number of hydrogen-bond donors (Lipinski definition) is 1. The second-order valence-electron chi connectivity index (χ2n) is 10.1. The van der Waals surface area contributed by atoms with Gasteiger partial charge in [0.2, 0.25) is 5.95 Å². The normalized spacial score (nSPS) is 10.8. The zero-order valence-corrected chi connectivity index (χ0v) is 23.0. The molecule has 40 heavy (non-hydrogen) atoms. The molecular formula is C34H34N4O2. The van der Waals surface area contributed by atoms with Crippen molar-refractivity contribution in [1.82, 2.24) is 14.5 Å². The van der Waals surface area contributed by atoms with Crippen LogP contribution in [0, 0.1) is 13.8 Å². The second-order valence-corrected chi connectivity index (χ2v) is 10.1. The minimum Gasteiger partial charge on any atom is -0.488 e. The van der Waals surface area contributed by atoms with Crippen molar-refractivity contribution < 1.29 is 9.53 Å². The Kier molecular flexibility index (Phi) is 8.26. The number of nitrogens with two attached hydrogens (primary N) is 1. The lowest BCUT2D eigenvalue weighted by atomic mass is 10.1. The Balaban J connectivity index is 1.38. The van der Waals surface area contributed by atoms with Crippen molar-refractivity contribution in [2.24, 2.45) is 0 Å². The van der Waals surface area contributed by atoms with E-state index < -0.39 is 0 Å². The lowest BCUT2D eigenvalue weighted by Gasteiger charge is -2.24. The highest BCUT2D eigenvalue weighted by molar-refractivity contribution is 5.93. The number of amides is 1. The Morgan fingerprint density at radius 1 is 0.775 bits per heavy atom. The van der Waals surface area contributed by atoms with Crippen LogP contribution in [-0.4, -0.2) is 20.4 Å². The zero-order chi connectivity index (χ0) is 27.9. The number of ether oxygens (including phenoxy) is 1. The molecule has 0 aliphatic rings. The van der Waals surface area contributed by atoms with Crippen molar-refractivity contribution in [3.05, 3.63) is 148 Å². The van der Waals surface area contributed by atoms with E-state index in [9.17, 15) is 4.79 Å². The maximum Gasteiger partial charge on any atom is 0.272 e. The summed E-state index contributed by atoms with van der Waals surface area (Å²) in [5.41, 5.74) is 13.1. The molecule has 5 aromatic rings. The molecule has 0 bridgehead atoms. The zero-order valence-electron chi connectivity index (χ0n) is 23.0. The first-order chi connectivity index (χ1) is 19.5. The van der Waals surface area contributed by atoms with Gasteiger partial charge in [0.15, 0.2) is 0 Å². The van der Waals surface area contributed by atoms with Gasteiger partial charge in [0, 0.05) is 13.1 Å².